The molecule has 3 heteroatoms. The summed E-state index contributed by atoms with van der Waals surface area (Å²) in [5, 5.41) is 11.0. The van der Waals surface area contributed by atoms with Crippen LogP contribution in [0.1, 0.15) is 15.9 Å². The monoisotopic (exact) mass is 216 g/mol. The van der Waals surface area contributed by atoms with Crippen molar-refractivity contribution < 1.29 is 14.6 Å². The summed E-state index contributed by atoms with van der Waals surface area (Å²) in [5.41, 5.74) is 1.42. The Balaban J connectivity index is 2.79. The normalized spacial score (nSPS) is 10.4. The molecule has 2 aromatic rings. The maximum atomic E-state index is 11.6. The summed E-state index contributed by atoms with van der Waals surface area (Å²) in [6, 6.07) is 8.63. The Morgan fingerprint density at radius 3 is 2.69 bits per heavy atom. The number of aryl methyl sites for hydroxylation is 1. The number of hydrogen-bond acceptors (Lipinski definition) is 3. The van der Waals surface area contributed by atoms with Gasteiger partial charge >= 0.3 is 5.97 Å². The molecule has 0 unspecified atom stereocenters. The molecule has 1 N–H and O–H groups in total. The van der Waals surface area contributed by atoms with Gasteiger partial charge in [-0.05, 0) is 41.5 Å². The van der Waals surface area contributed by atoms with E-state index in [0.717, 1.165) is 16.3 Å². The minimum absolute atomic E-state index is 0.187. The fourth-order valence-corrected chi connectivity index (χ4v) is 1.80. The Morgan fingerprint density at radius 2 is 2.00 bits per heavy atom. The van der Waals surface area contributed by atoms with Crippen LogP contribution < -0.4 is 0 Å². The molecule has 0 aliphatic heterocycles. The summed E-state index contributed by atoms with van der Waals surface area (Å²) in [4.78, 5) is 11.6. The molecular formula is C13H12O3. The molecule has 0 fully saturated rings. The number of phenolic OH excluding ortho intramolecular Hbond substituents is 1. The summed E-state index contributed by atoms with van der Waals surface area (Å²) in [6.07, 6.45) is 0. The lowest BCUT2D eigenvalue weighted by atomic mass is 9.99. The molecule has 16 heavy (non-hydrogen) atoms. The van der Waals surface area contributed by atoms with Crippen molar-refractivity contribution in [3.63, 3.8) is 0 Å². The van der Waals surface area contributed by atoms with Gasteiger partial charge in [0, 0.05) is 0 Å². The zero-order valence-corrected chi connectivity index (χ0v) is 9.15. The first-order chi connectivity index (χ1) is 7.63. The van der Waals surface area contributed by atoms with Gasteiger partial charge < -0.3 is 9.84 Å². The van der Waals surface area contributed by atoms with Gasteiger partial charge in [-0.1, -0.05) is 12.1 Å². The minimum atomic E-state index is -0.353. The SMILES string of the molecule is COC(=O)c1c(C)ccc2cc(O)ccc12. The van der Waals surface area contributed by atoms with Gasteiger partial charge in [0.1, 0.15) is 5.75 Å². The van der Waals surface area contributed by atoms with Crippen molar-refractivity contribution in [2.24, 2.45) is 0 Å². The molecule has 0 aliphatic carbocycles. The van der Waals surface area contributed by atoms with Crippen molar-refractivity contribution in [1.82, 2.24) is 0 Å². The van der Waals surface area contributed by atoms with E-state index in [2.05, 4.69) is 0 Å². The Bertz CT molecular complexity index is 558. The number of rotatable bonds is 1. The van der Waals surface area contributed by atoms with Crippen molar-refractivity contribution in [2.75, 3.05) is 7.11 Å². The Kier molecular flexibility index (Phi) is 2.52. The number of methoxy groups -OCH3 is 1. The smallest absolute Gasteiger partial charge is 0.338 e. The van der Waals surface area contributed by atoms with E-state index in [9.17, 15) is 9.90 Å². The summed E-state index contributed by atoms with van der Waals surface area (Å²) in [7, 11) is 1.36. The van der Waals surface area contributed by atoms with Crippen LogP contribution >= 0.6 is 0 Å². The molecule has 0 saturated heterocycles. The predicted molar refractivity (Wildman–Crippen MR) is 61.7 cm³/mol. The Hall–Kier alpha value is -2.03. The van der Waals surface area contributed by atoms with Gasteiger partial charge in [-0.2, -0.15) is 0 Å². The summed E-state index contributed by atoms with van der Waals surface area (Å²) < 4.78 is 4.75. The van der Waals surface area contributed by atoms with E-state index < -0.39 is 0 Å². The van der Waals surface area contributed by atoms with Crippen LogP contribution in [0.3, 0.4) is 0 Å². The van der Waals surface area contributed by atoms with Crippen LogP contribution in [0.25, 0.3) is 10.8 Å². The first kappa shape index (κ1) is 10.5. The number of esters is 1. The second kappa shape index (κ2) is 3.85. The standard InChI is InChI=1S/C13H12O3/c1-8-3-4-9-7-10(14)5-6-11(9)12(8)13(15)16-2/h3-7,14H,1-2H3. The highest BCUT2D eigenvalue weighted by molar-refractivity contribution is 6.06. The second-order valence-corrected chi connectivity index (χ2v) is 3.65. The highest BCUT2D eigenvalue weighted by atomic mass is 16.5. The lowest BCUT2D eigenvalue weighted by Gasteiger charge is -2.08. The van der Waals surface area contributed by atoms with Gasteiger partial charge in [-0.15, -0.1) is 0 Å². The molecule has 0 saturated carbocycles. The van der Waals surface area contributed by atoms with Crippen LogP contribution in [0, 0.1) is 6.92 Å². The first-order valence-electron chi connectivity index (χ1n) is 4.94. The number of fused-ring (bicyclic) bond motifs is 1. The van der Waals surface area contributed by atoms with Crippen molar-refractivity contribution >= 4 is 16.7 Å². The molecular weight excluding hydrogens is 204 g/mol. The van der Waals surface area contributed by atoms with E-state index >= 15 is 0 Å². The fraction of sp³-hybridized carbons (Fsp3) is 0.154. The number of carbonyl (C=O) groups excluding carboxylic acids is 1. The van der Waals surface area contributed by atoms with Crippen LogP contribution in [-0.2, 0) is 4.74 Å². The molecule has 0 aliphatic rings. The van der Waals surface area contributed by atoms with Gasteiger partial charge in [0.2, 0.25) is 0 Å². The zero-order valence-electron chi connectivity index (χ0n) is 9.15. The summed E-state index contributed by atoms with van der Waals surface area (Å²) in [6.45, 7) is 1.86. The third kappa shape index (κ3) is 1.60. The third-order valence-corrected chi connectivity index (χ3v) is 2.60. The van der Waals surface area contributed by atoms with Crippen LogP contribution in [-0.4, -0.2) is 18.2 Å². The van der Waals surface area contributed by atoms with Gasteiger partial charge in [0.05, 0.1) is 12.7 Å². The highest BCUT2D eigenvalue weighted by Crippen LogP contribution is 2.26. The maximum Gasteiger partial charge on any atom is 0.338 e. The average Bonchev–Trinajstić information content (AvgIpc) is 2.28. The molecule has 3 nitrogen and oxygen atoms in total. The maximum absolute atomic E-state index is 11.6. The van der Waals surface area contributed by atoms with Crippen LogP contribution in [0.2, 0.25) is 0 Å². The molecule has 0 radical (unpaired) electrons. The van der Waals surface area contributed by atoms with Crippen LogP contribution in [0.4, 0.5) is 0 Å². The average molecular weight is 216 g/mol. The number of aromatic hydroxyl groups is 1. The van der Waals surface area contributed by atoms with Crippen molar-refractivity contribution in [1.29, 1.82) is 0 Å². The van der Waals surface area contributed by atoms with E-state index in [1.54, 1.807) is 18.2 Å². The van der Waals surface area contributed by atoms with E-state index in [-0.39, 0.29) is 11.7 Å². The van der Waals surface area contributed by atoms with Gasteiger partial charge in [-0.3, -0.25) is 0 Å². The van der Waals surface area contributed by atoms with E-state index in [4.69, 9.17) is 4.74 Å². The molecule has 0 atom stereocenters. The number of phenols is 1. The predicted octanol–water partition coefficient (Wildman–Crippen LogP) is 2.64. The molecule has 0 aromatic heterocycles. The van der Waals surface area contributed by atoms with Gasteiger partial charge in [-0.25, -0.2) is 4.79 Å². The van der Waals surface area contributed by atoms with Crippen LogP contribution in [0.15, 0.2) is 30.3 Å². The van der Waals surface area contributed by atoms with E-state index in [1.165, 1.54) is 7.11 Å². The minimum Gasteiger partial charge on any atom is -0.508 e. The topological polar surface area (TPSA) is 46.5 Å². The number of benzene rings is 2. The first-order valence-corrected chi connectivity index (χ1v) is 4.94. The van der Waals surface area contributed by atoms with E-state index in [0.29, 0.717) is 5.56 Å². The number of carbonyl (C=O) groups is 1. The van der Waals surface area contributed by atoms with Crippen molar-refractivity contribution in [2.45, 2.75) is 6.92 Å². The Morgan fingerprint density at radius 1 is 1.25 bits per heavy atom. The molecule has 0 bridgehead atoms. The number of hydrogen-bond donors (Lipinski definition) is 1. The fourth-order valence-electron chi connectivity index (χ4n) is 1.80. The van der Waals surface area contributed by atoms with Gasteiger partial charge in [0.15, 0.2) is 0 Å². The van der Waals surface area contributed by atoms with E-state index in [1.807, 2.05) is 19.1 Å². The number of ether oxygens (including phenoxy) is 1. The largest absolute Gasteiger partial charge is 0.508 e. The van der Waals surface area contributed by atoms with Crippen LogP contribution in [0.5, 0.6) is 5.75 Å². The molecule has 2 aromatic carbocycles. The van der Waals surface area contributed by atoms with Gasteiger partial charge in [0.25, 0.3) is 0 Å². The third-order valence-electron chi connectivity index (χ3n) is 2.60. The molecule has 0 heterocycles. The quantitative estimate of drug-likeness (QED) is 0.745. The summed E-state index contributed by atoms with van der Waals surface area (Å²) >= 11 is 0. The second-order valence-electron chi connectivity index (χ2n) is 3.65. The zero-order chi connectivity index (χ0) is 11.7. The lowest BCUT2D eigenvalue weighted by Crippen LogP contribution is -2.04. The molecule has 0 amide bonds. The lowest BCUT2D eigenvalue weighted by molar-refractivity contribution is 0.0602. The van der Waals surface area contributed by atoms with Crippen molar-refractivity contribution in [3.8, 4) is 5.75 Å². The van der Waals surface area contributed by atoms with Crippen molar-refractivity contribution in [3.05, 3.63) is 41.5 Å². The highest BCUT2D eigenvalue weighted by Gasteiger charge is 2.13. The molecule has 0 spiro atoms. The Labute approximate surface area is 93.3 Å². The molecule has 82 valence electrons. The summed E-state index contributed by atoms with van der Waals surface area (Å²) in [5.74, 6) is -0.166. The molecule has 2 rings (SSSR count).